The predicted octanol–water partition coefficient (Wildman–Crippen LogP) is 3.97. The highest BCUT2D eigenvalue weighted by Crippen LogP contribution is 2.29. The lowest BCUT2D eigenvalue weighted by atomic mass is 10.3. The van der Waals surface area contributed by atoms with E-state index in [1.165, 1.54) is 4.88 Å². The van der Waals surface area contributed by atoms with E-state index in [1.54, 1.807) is 25.6 Å². The van der Waals surface area contributed by atoms with Gasteiger partial charge in [-0.2, -0.15) is 0 Å². The zero-order valence-electron chi connectivity index (χ0n) is 15.2. The van der Waals surface area contributed by atoms with Crippen LogP contribution in [-0.2, 0) is 6.54 Å². The molecule has 138 valence electrons. The second-order valence-electron chi connectivity index (χ2n) is 5.13. The van der Waals surface area contributed by atoms with Crippen LogP contribution in [0, 0.1) is 13.8 Å². The van der Waals surface area contributed by atoms with Gasteiger partial charge in [-0.25, -0.2) is 9.98 Å². The van der Waals surface area contributed by atoms with E-state index < -0.39 is 0 Å². The number of methoxy groups -OCH3 is 2. The van der Waals surface area contributed by atoms with Crippen molar-refractivity contribution in [3.63, 3.8) is 0 Å². The van der Waals surface area contributed by atoms with Gasteiger partial charge in [0, 0.05) is 23.2 Å². The fourth-order valence-electron chi connectivity index (χ4n) is 2.23. The van der Waals surface area contributed by atoms with Crippen LogP contribution in [0.2, 0.25) is 0 Å². The van der Waals surface area contributed by atoms with Crippen LogP contribution in [0.4, 0.5) is 5.69 Å². The number of hydrogen-bond acceptors (Lipinski definition) is 5. The summed E-state index contributed by atoms with van der Waals surface area (Å²) in [5.41, 5.74) is 1.92. The highest BCUT2D eigenvalue weighted by atomic mass is 127. The monoisotopic (exact) mass is 476 g/mol. The Hall–Kier alpha value is -1.55. The van der Waals surface area contributed by atoms with E-state index in [9.17, 15) is 0 Å². The Bertz CT molecular complexity index is 719. The lowest BCUT2D eigenvalue weighted by Gasteiger charge is -2.13. The van der Waals surface area contributed by atoms with E-state index in [1.807, 2.05) is 39.0 Å². The highest BCUT2D eigenvalue weighted by Gasteiger charge is 2.08. The van der Waals surface area contributed by atoms with Crippen molar-refractivity contribution in [2.24, 2.45) is 4.99 Å². The van der Waals surface area contributed by atoms with E-state index >= 15 is 0 Å². The van der Waals surface area contributed by atoms with Crippen molar-refractivity contribution in [2.45, 2.75) is 27.3 Å². The lowest BCUT2D eigenvalue weighted by molar-refractivity contribution is 0.355. The van der Waals surface area contributed by atoms with Gasteiger partial charge in [0.2, 0.25) is 0 Å². The molecule has 2 N–H and O–H groups in total. The van der Waals surface area contributed by atoms with Crippen molar-refractivity contribution in [1.29, 1.82) is 0 Å². The standard InChI is InChI=1S/C17H24N4O2S.HI/c1-6-18-17(19-10-16-11(2)20-12(3)24-16)21-13-7-8-14(22-4)15(9-13)23-5;/h7-9H,6,10H2,1-5H3,(H2,18,19,21);1H. The summed E-state index contributed by atoms with van der Waals surface area (Å²) in [4.78, 5) is 10.3. The number of anilines is 1. The van der Waals surface area contributed by atoms with E-state index in [4.69, 9.17) is 9.47 Å². The number of rotatable bonds is 6. The van der Waals surface area contributed by atoms with Crippen LogP contribution in [0.3, 0.4) is 0 Å². The molecule has 0 atom stereocenters. The van der Waals surface area contributed by atoms with Gasteiger partial charge in [-0.1, -0.05) is 0 Å². The molecule has 0 aliphatic heterocycles. The molecule has 1 heterocycles. The molecule has 2 aromatic rings. The summed E-state index contributed by atoms with van der Waals surface area (Å²) < 4.78 is 10.6. The maximum atomic E-state index is 5.33. The van der Waals surface area contributed by atoms with E-state index in [0.29, 0.717) is 18.0 Å². The summed E-state index contributed by atoms with van der Waals surface area (Å²) in [6, 6.07) is 5.67. The average Bonchev–Trinajstić information content (AvgIpc) is 2.90. The van der Waals surface area contributed by atoms with Gasteiger partial charge in [0.1, 0.15) is 0 Å². The van der Waals surface area contributed by atoms with Crippen LogP contribution in [0.5, 0.6) is 11.5 Å². The van der Waals surface area contributed by atoms with Gasteiger partial charge >= 0.3 is 0 Å². The van der Waals surface area contributed by atoms with Gasteiger partial charge in [-0.15, -0.1) is 35.3 Å². The first-order valence-corrected chi connectivity index (χ1v) is 8.59. The Morgan fingerprint density at radius 3 is 2.48 bits per heavy atom. The van der Waals surface area contributed by atoms with Crippen molar-refractivity contribution in [3.8, 4) is 11.5 Å². The van der Waals surface area contributed by atoms with Crippen molar-refractivity contribution in [2.75, 3.05) is 26.1 Å². The minimum absolute atomic E-state index is 0. The summed E-state index contributed by atoms with van der Waals surface area (Å²) in [5, 5.41) is 7.60. The topological polar surface area (TPSA) is 67.8 Å². The number of aryl methyl sites for hydroxylation is 2. The molecule has 0 aliphatic carbocycles. The van der Waals surface area contributed by atoms with Crippen LogP contribution >= 0.6 is 35.3 Å². The number of halogens is 1. The predicted molar refractivity (Wildman–Crippen MR) is 115 cm³/mol. The van der Waals surface area contributed by atoms with Gasteiger partial charge in [-0.3, -0.25) is 0 Å². The number of aromatic nitrogens is 1. The fourth-order valence-corrected chi connectivity index (χ4v) is 3.09. The second-order valence-corrected chi connectivity index (χ2v) is 6.42. The molecular formula is C17H25IN4O2S. The molecule has 6 nitrogen and oxygen atoms in total. The van der Waals surface area contributed by atoms with Gasteiger partial charge in [-0.05, 0) is 32.9 Å². The molecule has 0 aliphatic rings. The van der Waals surface area contributed by atoms with Crippen LogP contribution < -0.4 is 20.1 Å². The van der Waals surface area contributed by atoms with Gasteiger partial charge in [0.05, 0.1) is 31.5 Å². The molecule has 1 aromatic carbocycles. The molecule has 0 spiro atoms. The summed E-state index contributed by atoms with van der Waals surface area (Å²) in [6.07, 6.45) is 0. The molecule has 8 heteroatoms. The fraction of sp³-hybridized carbons (Fsp3) is 0.412. The Balaban J connectivity index is 0.00000312. The van der Waals surface area contributed by atoms with Crippen molar-refractivity contribution < 1.29 is 9.47 Å². The van der Waals surface area contributed by atoms with Gasteiger partial charge in [0.25, 0.3) is 0 Å². The van der Waals surface area contributed by atoms with Crippen LogP contribution in [0.25, 0.3) is 0 Å². The Morgan fingerprint density at radius 2 is 1.92 bits per heavy atom. The van der Waals surface area contributed by atoms with E-state index in [2.05, 4.69) is 20.6 Å². The van der Waals surface area contributed by atoms with Crippen LogP contribution in [-0.4, -0.2) is 31.7 Å². The molecule has 0 unspecified atom stereocenters. The molecule has 0 bridgehead atoms. The normalized spacial score (nSPS) is 10.8. The number of benzene rings is 1. The Labute approximate surface area is 170 Å². The smallest absolute Gasteiger partial charge is 0.196 e. The van der Waals surface area contributed by atoms with Crippen molar-refractivity contribution in [1.82, 2.24) is 10.3 Å². The number of nitrogens with zero attached hydrogens (tertiary/aromatic N) is 2. The molecule has 2 rings (SSSR count). The third kappa shape index (κ3) is 6.03. The first-order valence-electron chi connectivity index (χ1n) is 7.77. The average molecular weight is 476 g/mol. The number of thiazole rings is 1. The van der Waals surface area contributed by atoms with Crippen LogP contribution in [0.1, 0.15) is 22.5 Å². The Morgan fingerprint density at radius 1 is 1.20 bits per heavy atom. The highest BCUT2D eigenvalue weighted by molar-refractivity contribution is 14.0. The van der Waals surface area contributed by atoms with E-state index in [0.717, 1.165) is 28.9 Å². The summed E-state index contributed by atoms with van der Waals surface area (Å²) in [5.74, 6) is 2.09. The molecule has 0 saturated carbocycles. The zero-order valence-corrected chi connectivity index (χ0v) is 18.3. The minimum atomic E-state index is 0. The van der Waals surface area contributed by atoms with Crippen molar-refractivity contribution in [3.05, 3.63) is 33.8 Å². The van der Waals surface area contributed by atoms with Crippen molar-refractivity contribution >= 4 is 47.0 Å². The number of aliphatic imine (C=N–C) groups is 1. The van der Waals surface area contributed by atoms with Crippen LogP contribution in [0.15, 0.2) is 23.2 Å². The quantitative estimate of drug-likeness (QED) is 0.375. The summed E-state index contributed by atoms with van der Waals surface area (Å²) in [7, 11) is 3.24. The second kappa shape index (κ2) is 10.4. The Kier molecular flexibility index (Phi) is 8.98. The molecule has 1 aromatic heterocycles. The molecule has 0 amide bonds. The largest absolute Gasteiger partial charge is 0.493 e. The SMILES string of the molecule is CCNC(=NCc1sc(C)nc1C)Nc1ccc(OC)c(OC)c1.I. The molecular weight excluding hydrogens is 451 g/mol. The number of nitrogens with one attached hydrogen (secondary N) is 2. The first kappa shape index (κ1) is 21.5. The molecule has 25 heavy (non-hydrogen) atoms. The third-order valence-corrected chi connectivity index (χ3v) is 4.43. The van der Waals surface area contributed by atoms with Gasteiger partial charge in [0.15, 0.2) is 17.5 Å². The number of ether oxygens (including phenoxy) is 2. The minimum Gasteiger partial charge on any atom is -0.493 e. The maximum absolute atomic E-state index is 5.33. The zero-order chi connectivity index (χ0) is 17.5. The third-order valence-electron chi connectivity index (χ3n) is 3.37. The molecule has 0 saturated heterocycles. The molecule has 0 radical (unpaired) electrons. The van der Waals surface area contributed by atoms with E-state index in [-0.39, 0.29) is 24.0 Å². The van der Waals surface area contributed by atoms with Gasteiger partial charge < -0.3 is 20.1 Å². The number of guanidine groups is 1. The number of hydrogen-bond donors (Lipinski definition) is 2. The summed E-state index contributed by atoms with van der Waals surface area (Å²) >= 11 is 1.68. The summed E-state index contributed by atoms with van der Waals surface area (Å²) in [6.45, 7) is 7.44. The maximum Gasteiger partial charge on any atom is 0.196 e. The molecule has 0 fully saturated rings. The first-order chi connectivity index (χ1) is 11.6. The lowest BCUT2D eigenvalue weighted by Crippen LogP contribution is -2.30.